The summed E-state index contributed by atoms with van der Waals surface area (Å²) in [5, 5.41) is 11.6. The number of methoxy groups -OCH3 is 1. The van der Waals surface area contributed by atoms with E-state index >= 15 is 0 Å². The van der Waals surface area contributed by atoms with Crippen LogP contribution >= 0.6 is 11.8 Å². The Hall–Kier alpha value is -4.11. The molecule has 0 spiro atoms. The molecule has 36 heavy (non-hydrogen) atoms. The van der Waals surface area contributed by atoms with Gasteiger partial charge in [-0.2, -0.15) is 0 Å². The smallest absolute Gasteiger partial charge is 0.335 e. The highest BCUT2D eigenvalue weighted by Gasteiger charge is 2.35. The van der Waals surface area contributed by atoms with Gasteiger partial charge in [0.25, 0.3) is 0 Å². The molecule has 1 unspecified atom stereocenters. The molecule has 1 fully saturated rings. The number of aliphatic imine (C=N–C) groups is 1. The van der Waals surface area contributed by atoms with E-state index in [1.165, 1.54) is 36.0 Å². The Morgan fingerprint density at radius 3 is 2.39 bits per heavy atom. The van der Waals surface area contributed by atoms with Gasteiger partial charge in [-0.05, 0) is 60.5 Å². The number of nitrogens with one attached hydrogen (secondary N) is 1. The Labute approximate surface area is 213 Å². The zero-order chi connectivity index (χ0) is 25.5. The maximum absolute atomic E-state index is 13.2. The van der Waals surface area contributed by atoms with Gasteiger partial charge in [-0.1, -0.05) is 42.1 Å². The second-order valence-electron chi connectivity index (χ2n) is 8.06. The van der Waals surface area contributed by atoms with Crippen molar-refractivity contribution in [3.63, 3.8) is 0 Å². The number of para-hydroxylation sites is 1. The average Bonchev–Trinajstić information content (AvgIpc) is 2.89. The molecule has 1 aliphatic heterocycles. The van der Waals surface area contributed by atoms with Gasteiger partial charge in [-0.15, -0.1) is 0 Å². The Bertz CT molecular complexity index is 1260. The number of hydrogen-bond donors (Lipinski definition) is 2. The molecular weight excluding hydrogens is 478 g/mol. The highest BCUT2D eigenvalue weighted by molar-refractivity contribution is 8.15. The first kappa shape index (κ1) is 25.0. The fourth-order valence-corrected chi connectivity index (χ4v) is 4.75. The van der Waals surface area contributed by atoms with Crippen molar-refractivity contribution in [3.8, 4) is 5.75 Å². The van der Waals surface area contributed by atoms with Crippen molar-refractivity contribution in [1.29, 1.82) is 0 Å². The lowest BCUT2D eigenvalue weighted by atomic mass is 10.1. The van der Waals surface area contributed by atoms with Crippen molar-refractivity contribution in [2.24, 2.45) is 4.99 Å². The third-order valence-electron chi connectivity index (χ3n) is 5.60. The summed E-state index contributed by atoms with van der Waals surface area (Å²) in [4.78, 5) is 43.5. The summed E-state index contributed by atoms with van der Waals surface area (Å²) in [6, 6.07) is 22.9. The number of hydrogen-bond acceptors (Lipinski definition) is 6. The minimum Gasteiger partial charge on any atom is -0.497 e. The molecule has 2 N–H and O–H groups in total. The monoisotopic (exact) mass is 503 g/mol. The van der Waals surface area contributed by atoms with Crippen LogP contribution in [0.25, 0.3) is 0 Å². The van der Waals surface area contributed by atoms with E-state index in [0.29, 0.717) is 29.5 Å². The first-order valence-corrected chi connectivity index (χ1v) is 12.2. The largest absolute Gasteiger partial charge is 0.497 e. The number of carbonyl (C=O) groups is 3. The lowest BCUT2D eigenvalue weighted by Gasteiger charge is -2.32. The number of benzene rings is 3. The fourth-order valence-electron chi connectivity index (χ4n) is 3.63. The Balaban J connectivity index is 1.50. The van der Waals surface area contributed by atoms with Crippen molar-refractivity contribution >= 4 is 46.1 Å². The van der Waals surface area contributed by atoms with Gasteiger partial charge >= 0.3 is 5.97 Å². The molecule has 1 heterocycles. The van der Waals surface area contributed by atoms with Crippen LogP contribution in [0.15, 0.2) is 83.9 Å². The summed E-state index contributed by atoms with van der Waals surface area (Å²) in [7, 11) is 1.61. The number of carboxylic acid groups (broad SMARTS) is 1. The third-order valence-corrected chi connectivity index (χ3v) is 6.78. The van der Waals surface area contributed by atoms with Gasteiger partial charge < -0.3 is 15.2 Å². The molecule has 4 rings (SSSR count). The zero-order valence-corrected chi connectivity index (χ0v) is 20.4. The number of nitrogens with zero attached hydrogens (tertiary/aromatic N) is 2. The van der Waals surface area contributed by atoms with Crippen LogP contribution in [0.4, 0.5) is 11.4 Å². The van der Waals surface area contributed by atoms with Crippen LogP contribution in [0.3, 0.4) is 0 Å². The van der Waals surface area contributed by atoms with E-state index in [4.69, 9.17) is 9.84 Å². The molecule has 0 aliphatic carbocycles. The highest BCUT2D eigenvalue weighted by Crippen LogP contribution is 2.30. The van der Waals surface area contributed by atoms with E-state index in [1.807, 2.05) is 54.6 Å². The first-order valence-electron chi connectivity index (χ1n) is 11.3. The predicted octanol–water partition coefficient (Wildman–Crippen LogP) is 4.60. The zero-order valence-electron chi connectivity index (χ0n) is 19.6. The lowest BCUT2D eigenvalue weighted by Crippen LogP contribution is -2.46. The van der Waals surface area contributed by atoms with Crippen molar-refractivity contribution in [2.75, 3.05) is 19.0 Å². The Morgan fingerprint density at radius 2 is 1.75 bits per heavy atom. The molecule has 9 heteroatoms. The minimum atomic E-state index is -1.04. The molecule has 8 nitrogen and oxygen atoms in total. The molecule has 1 aliphatic rings. The summed E-state index contributed by atoms with van der Waals surface area (Å²) in [6.07, 6.45) is 0.650. The van der Waals surface area contributed by atoms with E-state index in [2.05, 4.69) is 10.3 Å². The van der Waals surface area contributed by atoms with Crippen LogP contribution in [0, 0.1) is 0 Å². The summed E-state index contributed by atoms with van der Waals surface area (Å²) in [5.41, 5.74) is 2.33. The Kier molecular flexibility index (Phi) is 8.02. The second-order valence-corrected chi connectivity index (χ2v) is 9.23. The van der Waals surface area contributed by atoms with Crippen molar-refractivity contribution in [2.45, 2.75) is 18.1 Å². The first-order chi connectivity index (χ1) is 17.4. The van der Waals surface area contributed by atoms with Gasteiger partial charge in [0.15, 0.2) is 5.17 Å². The van der Waals surface area contributed by atoms with Gasteiger partial charge in [0.05, 0.1) is 18.4 Å². The van der Waals surface area contributed by atoms with Gasteiger partial charge in [-0.3, -0.25) is 14.5 Å². The van der Waals surface area contributed by atoms with Gasteiger partial charge in [0.1, 0.15) is 11.0 Å². The van der Waals surface area contributed by atoms with Gasteiger partial charge in [0.2, 0.25) is 11.8 Å². The van der Waals surface area contributed by atoms with Crippen LogP contribution in [-0.4, -0.2) is 51.9 Å². The van der Waals surface area contributed by atoms with E-state index in [9.17, 15) is 14.4 Å². The molecular formula is C27H25N3O5S. The molecule has 0 radical (unpaired) electrons. The standard InChI is InChI=1S/C27H25N3O5S/c1-35-22-13-7-18(8-14-22)15-16-30-24(31)17-23(36-27(30)29-20-5-3-2-4-6-20)25(32)28-21-11-9-19(10-12-21)26(33)34/h2-14,23H,15-17H2,1H3,(H,28,32)(H,33,34). The summed E-state index contributed by atoms with van der Waals surface area (Å²) >= 11 is 1.24. The SMILES string of the molecule is COc1ccc(CCN2C(=O)CC(C(=O)Nc3ccc(C(=O)O)cc3)SC2=Nc2ccccc2)cc1. The molecule has 2 amide bonds. The summed E-state index contributed by atoms with van der Waals surface area (Å²) in [6.45, 7) is 0.425. The van der Waals surface area contributed by atoms with E-state index in [0.717, 1.165) is 11.3 Å². The number of amidine groups is 1. The quantitative estimate of drug-likeness (QED) is 0.465. The average molecular weight is 504 g/mol. The number of thioether (sulfide) groups is 1. The normalized spacial score (nSPS) is 16.6. The van der Waals surface area contributed by atoms with Crippen LogP contribution < -0.4 is 10.1 Å². The van der Waals surface area contributed by atoms with Crippen LogP contribution in [0.2, 0.25) is 0 Å². The van der Waals surface area contributed by atoms with Gasteiger partial charge in [-0.25, -0.2) is 9.79 Å². The van der Waals surface area contributed by atoms with E-state index in [1.54, 1.807) is 12.0 Å². The number of amides is 2. The molecule has 0 saturated carbocycles. The lowest BCUT2D eigenvalue weighted by molar-refractivity contribution is -0.129. The predicted molar refractivity (Wildman–Crippen MR) is 140 cm³/mol. The van der Waals surface area contributed by atoms with Crippen molar-refractivity contribution in [3.05, 3.63) is 90.0 Å². The number of carbonyl (C=O) groups excluding carboxylic acids is 2. The number of ether oxygens (including phenoxy) is 1. The van der Waals surface area contributed by atoms with Crippen LogP contribution in [0.1, 0.15) is 22.3 Å². The second kappa shape index (κ2) is 11.5. The maximum atomic E-state index is 13.2. The minimum absolute atomic E-state index is 0.0279. The number of aromatic carboxylic acids is 1. The van der Waals surface area contributed by atoms with E-state index < -0.39 is 11.2 Å². The fraction of sp³-hybridized carbons (Fsp3) is 0.185. The molecule has 3 aromatic carbocycles. The summed E-state index contributed by atoms with van der Waals surface area (Å²) in [5.74, 6) is -0.802. The number of anilines is 1. The Morgan fingerprint density at radius 1 is 1.06 bits per heavy atom. The van der Waals surface area contributed by atoms with E-state index in [-0.39, 0.29) is 23.8 Å². The van der Waals surface area contributed by atoms with Crippen molar-refractivity contribution < 1.29 is 24.2 Å². The third kappa shape index (κ3) is 6.31. The molecule has 1 atom stereocenters. The molecule has 0 aromatic heterocycles. The topological polar surface area (TPSA) is 108 Å². The number of rotatable bonds is 8. The van der Waals surface area contributed by atoms with Crippen LogP contribution in [-0.2, 0) is 16.0 Å². The highest BCUT2D eigenvalue weighted by atomic mass is 32.2. The van der Waals surface area contributed by atoms with Crippen LogP contribution in [0.5, 0.6) is 5.75 Å². The molecule has 184 valence electrons. The van der Waals surface area contributed by atoms with Gasteiger partial charge in [0, 0.05) is 18.7 Å². The maximum Gasteiger partial charge on any atom is 0.335 e. The molecule has 1 saturated heterocycles. The molecule has 3 aromatic rings. The van der Waals surface area contributed by atoms with Crippen molar-refractivity contribution in [1.82, 2.24) is 4.90 Å². The number of carboxylic acids is 1. The summed E-state index contributed by atoms with van der Waals surface area (Å²) < 4.78 is 5.21. The molecule has 0 bridgehead atoms.